The zero-order valence-corrected chi connectivity index (χ0v) is 14.0. The van der Waals surface area contributed by atoms with Gasteiger partial charge in [-0.1, -0.05) is 55.0 Å². The van der Waals surface area contributed by atoms with E-state index in [1.54, 1.807) is 0 Å². The topological polar surface area (TPSA) is 20.2 Å². The number of benzene rings is 1. The van der Waals surface area contributed by atoms with Gasteiger partial charge in [0.2, 0.25) is 0 Å². The first-order valence-corrected chi connectivity index (χ1v) is 7.84. The number of aryl methyl sites for hydroxylation is 1. The Bertz CT molecular complexity index is 466. The van der Waals surface area contributed by atoms with Crippen LogP contribution in [0, 0.1) is 5.41 Å². The van der Waals surface area contributed by atoms with Crippen LogP contribution in [0.15, 0.2) is 54.6 Å². The third-order valence-corrected chi connectivity index (χ3v) is 4.64. The van der Waals surface area contributed by atoms with Gasteiger partial charge in [0.05, 0.1) is 5.60 Å². The molecule has 0 aliphatic heterocycles. The van der Waals surface area contributed by atoms with Crippen molar-refractivity contribution in [2.75, 3.05) is 0 Å². The normalized spacial score (nSPS) is 16.6. The molecule has 21 heavy (non-hydrogen) atoms. The maximum absolute atomic E-state index is 11.0. The molecule has 0 aliphatic carbocycles. The fourth-order valence-electron chi connectivity index (χ4n) is 2.57. The molecule has 0 aromatic heterocycles. The lowest BCUT2D eigenvalue weighted by Gasteiger charge is -2.41. The molecule has 0 unspecified atom stereocenters. The van der Waals surface area contributed by atoms with Crippen molar-refractivity contribution in [2.24, 2.45) is 5.41 Å². The van der Waals surface area contributed by atoms with Crippen LogP contribution in [0.1, 0.15) is 52.5 Å². The van der Waals surface area contributed by atoms with E-state index >= 15 is 0 Å². The lowest BCUT2D eigenvalue weighted by Crippen LogP contribution is -2.43. The van der Waals surface area contributed by atoms with E-state index in [2.05, 4.69) is 45.6 Å². The van der Waals surface area contributed by atoms with Gasteiger partial charge in [-0.15, -0.1) is 6.58 Å². The Kier molecular flexibility index (Phi) is 6.42. The zero-order chi connectivity index (χ0) is 15.9. The van der Waals surface area contributed by atoms with Crippen LogP contribution in [0.25, 0.3) is 0 Å². The molecule has 0 heterocycles. The van der Waals surface area contributed by atoms with Crippen LogP contribution >= 0.6 is 0 Å². The Balaban J connectivity index is 2.71. The summed E-state index contributed by atoms with van der Waals surface area (Å²) in [5.41, 5.74) is 1.58. The van der Waals surface area contributed by atoms with Gasteiger partial charge in [0.1, 0.15) is 0 Å². The van der Waals surface area contributed by atoms with Crippen molar-refractivity contribution in [2.45, 2.75) is 59.0 Å². The number of aliphatic hydroxyl groups is 1. The Labute approximate surface area is 130 Å². The molecule has 0 bridgehead atoms. The second kappa shape index (κ2) is 7.61. The van der Waals surface area contributed by atoms with Crippen LogP contribution in [-0.4, -0.2) is 10.7 Å². The summed E-state index contributed by atoms with van der Waals surface area (Å²) < 4.78 is 0. The van der Waals surface area contributed by atoms with Crippen LogP contribution in [-0.2, 0) is 6.42 Å². The van der Waals surface area contributed by atoms with Crippen LogP contribution in [0.3, 0.4) is 0 Å². The number of rotatable bonds is 8. The summed E-state index contributed by atoms with van der Waals surface area (Å²) >= 11 is 0. The van der Waals surface area contributed by atoms with Gasteiger partial charge in [0, 0.05) is 5.41 Å². The third-order valence-electron chi connectivity index (χ3n) is 4.64. The van der Waals surface area contributed by atoms with Gasteiger partial charge in [-0.2, -0.15) is 0 Å². The fraction of sp³-hybridized carbons (Fsp3) is 0.500. The number of hydrogen-bond donors (Lipinski definition) is 1. The van der Waals surface area contributed by atoms with Crippen molar-refractivity contribution in [3.63, 3.8) is 0 Å². The summed E-state index contributed by atoms with van der Waals surface area (Å²) in [6, 6.07) is 10.3. The van der Waals surface area contributed by atoms with Crippen LogP contribution in [0.2, 0.25) is 0 Å². The summed E-state index contributed by atoms with van der Waals surface area (Å²) in [7, 11) is 0. The van der Waals surface area contributed by atoms with Crippen LogP contribution < -0.4 is 0 Å². The van der Waals surface area contributed by atoms with Gasteiger partial charge in [-0.05, 0) is 52.0 Å². The van der Waals surface area contributed by atoms with Gasteiger partial charge in [-0.3, -0.25) is 0 Å². The van der Waals surface area contributed by atoms with Crippen molar-refractivity contribution in [1.29, 1.82) is 0 Å². The van der Waals surface area contributed by atoms with E-state index in [4.69, 9.17) is 0 Å². The molecule has 2 atom stereocenters. The molecule has 0 fully saturated rings. The van der Waals surface area contributed by atoms with E-state index in [0.717, 1.165) is 25.7 Å². The monoisotopic (exact) mass is 286 g/mol. The maximum atomic E-state index is 11.0. The predicted molar refractivity (Wildman–Crippen MR) is 92.4 cm³/mol. The molecule has 1 nitrogen and oxygen atoms in total. The Hall–Kier alpha value is -1.34. The van der Waals surface area contributed by atoms with E-state index in [0.29, 0.717) is 0 Å². The molecule has 1 rings (SSSR count). The van der Waals surface area contributed by atoms with Gasteiger partial charge < -0.3 is 5.11 Å². The van der Waals surface area contributed by atoms with Gasteiger partial charge >= 0.3 is 0 Å². The lowest BCUT2D eigenvalue weighted by molar-refractivity contribution is -0.0447. The first kappa shape index (κ1) is 17.7. The first-order chi connectivity index (χ1) is 9.81. The van der Waals surface area contributed by atoms with Crippen molar-refractivity contribution < 1.29 is 5.11 Å². The minimum absolute atomic E-state index is 0.270. The fourth-order valence-corrected chi connectivity index (χ4v) is 2.57. The molecule has 0 saturated heterocycles. The van der Waals surface area contributed by atoms with E-state index in [-0.39, 0.29) is 5.41 Å². The van der Waals surface area contributed by atoms with Gasteiger partial charge in [0.15, 0.2) is 0 Å². The van der Waals surface area contributed by atoms with Crippen molar-refractivity contribution in [3.8, 4) is 0 Å². The highest BCUT2D eigenvalue weighted by Crippen LogP contribution is 2.40. The Morgan fingerprint density at radius 2 is 1.76 bits per heavy atom. The quantitative estimate of drug-likeness (QED) is 0.642. The van der Waals surface area contributed by atoms with Crippen molar-refractivity contribution >= 4 is 0 Å². The molecule has 1 aromatic carbocycles. The summed E-state index contributed by atoms with van der Waals surface area (Å²) in [6.07, 6.45) is 7.69. The standard InChI is InChI=1S/C20H30O/c1-6-19(4,15-10-11-17(2)3)20(5,21)16-14-18-12-8-7-9-13-18/h6-9,11-13,21H,1,10,14-16H2,2-5H3/t19-,20-/m0/s1. The van der Waals surface area contributed by atoms with Crippen molar-refractivity contribution in [1.82, 2.24) is 0 Å². The molecular formula is C20H30O. The second-order valence-corrected chi connectivity index (χ2v) is 6.70. The molecule has 0 saturated carbocycles. The van der Waals surface area contributed by atoms with Gasteiger partial charge in [0.25, 0.3) is 0 Å². The molecular weight excluding hydrogens is 256 g/mol. The molecule has 0 radical (unpaired) electrons. The summed E-state index contributed by atoms with van der Waals surface area (Å²) in [5.74, 6) is 0. The Morgan fingerprint density at radius 3 is 2.29 bits per heavy atom. The lowest BCUT2D eigenvalue weighted by atomic mass is 9.69. The summed E-state index contributed by atoms with van der Waals surface area (Å²) in [4.78, 5) is 0. The van der Waals surface area contributed by atoms with Gasteiger partial charge in [-0.25, -0.2) is 0 Å². The maximum Gasteiger partial charge on any atom is 0.0710 e. The highest BCUT2D eigenvalue weighted by Gasteiger charge is 2.39. The highest BCUT2D eigenvalue weighted by atomic mass is 16.3. The highest BCUT2D eigenvalue weighted by molar-refractivity contribution is 5.16. The summed E-state index contributed by atoms with van der Waals surface area (Å²) in [5, 5.41) is 11.0. The van der Waals surface area contributed by atoms with E-state index in [1.807, 2.05) is 31.2 Å². The smallest absolute Gasteiger partial charge is 0.0710 e. The number of hydrogen-bond acceptors (Lipinski definition) is 1. The van der Waals surface area contributed by atoms with Crippen LogP contribution in [0.5, 0.6) is 0 Å². The molecule has 0 aliphatic rings. The number of allylic oxidation sites excluding steroid dienone is 2. The molecule has 116 valence electrons. The molecule has 1 heteroatoms. The molecule has 1 N–H and O–H groups in total. The zero-order valence-electron chi connectivity index (χ0n) is 14.0. The minimum Gasteiger partial charge on any atom is -0.389 e. The minimum atomic E-state index is -0.750. The largest absolute Gasteiger partial charge is 0.389 e. The average Bonchev–Trinajstić information content (AvgIpc) is 2.45. The first-order valence-electron chi connectivity index (χ1n) is 7.84. The predicted octanol–water partition coefficient (Wildman–Crippen LogP) is 5.31. The SMILES string of the molecule is C=C[C@@](C)(CCC=C(C)C)[C@@](C)(O)CCc1ccccc1. The molecule has 1 aromatic rings. The summed E-state index contributed by atoms with van der Waals surface area (Å²) in [6.45, 7) is 12.3. The van der Waals surface area contributed by atoms with Crippen LogP contribution in [0.4, 0.5) is 0 Å². The van der Waals surface area contributed by atoms with E-state index in [9.17, 15) is 5.11 Å². The third kappa shape index (κ3) is 5.17. The Morgan fingerprint density at radius 1 is 1.14 bits per heavy atom. The molecule has 0 spiro atoms. The average molecular weight is 286 g/mol. The van der Waals surface area contributed by atoms with Crippen molar-refractivity contribution in [3.05, 3.63) is 60.2 Å². The second-order valence-electron chi connectivity index (χ2n) is 6.70. The van der Waals surface area contributed by atoms with E-state index in [1.165, 1.54) is 11.1 Å². The van der Waals surface area contributed by atoms with E-state index < -0.39 is 5.60 Å². The molecule has 0 amide bonds.